The molecule has 1 aliphatic rings. The van der Waals surface area contributed by atoms with Gasteiger partial charge in [0, 0.05) is 10.6 Å². The van der Waals surface area contributed by atoms with Crippen LogP contribution in [0.5, 0.6) is 0 Å². The fourth-order valence-corrected chi connectivity index (χ4v) is 3.06. The van der Waals surface area contributed by atoms with E-state index in [9.17, 15) is 9.59 Å². The van der Waals surface area contributed by atoms with Crippen LogP contribution in [0.2, 0.25) is 5.02 Å². The van der Waals surface area contributed by atoms with E-state index in [1.165, 1.54) is 0 Å². The van der Waals surface area contributed by atoms with Crippen molar-refractivity contribution in [1.82, 2.24) is 5.32 Å². The first-order chi connectivity index (χ1) is 10.4. The quantitative estimate of drug-likeness (QED) is 0.645. The number of Topliss-reactive ketones (excluding diaryl/α,β-unsaturated/α-hetero) is 2. The number of ketones is 2. The summed E-state index contributed by atoms with van der Waals surface area (Å²) in [5.74, 6) is -0.256. The lowest BCUT2D eigenvalue weighted by molar-refractivity contribution is -0.129. The Kier molecular flexibility index (Phi) is 5.37. The third-order valence-corrected chi connectivity index (χ3v) is 4.74. The molecule has 3 N–H and O–H groups in total. The van der Waals surface area contributed by atoms with Crippen molar-refractivity contribution in [3.63, 3.8) is 0 Å². The van der Waals surface area contributed by atoms with Crippen molar-refractivity contribution < 1.29 is 9.59 Å². The van der Waals surface area contributed by atoms with E-state index in [0.717, 1.165) is 0 Å². The van der Waals surface area contributed by atoms with Crippen LogP contribution in [0.3, 0.4) is 0 Å². The molecular weight excluding hydrogens is 300 g/mol. The molecule has 0 unspecified atom stereocenters. The number of hydrogen-bond acceptors (Lipinski definition) is 4. The zero-order chi connectivity index (χ0) is 16.3. The minimum Gasteiger partial charge on any atom is -0.321 e. The lowest BCUT2D eigenvalue weighted by Gasteiger charge is -2.37. The Morgan fingerprint density at radius 3 is 2.23 bits per heavy atom. The number of benzene rings is 1. The van der Waals surface area contributed by atoms with Crippen LogP contribution in [0, 0.1) is 11.3 Å². The Balaban J connectivity index is 2.38. The summed E-state index contributed by atoms with van der Waals surface area (Å²) in [6.45, 7) is 5.11. The summed E-state index contributed by atoms with van der Waals surface area (Å²) in [6.07, 6.45) is 0.988. The van der Waals surface area contributed by atoms with Gasteiger partial charge in [-0.2, -0.15) is 0 Å². The largest absolute Gasteiger partial charge is 0.321 e. The zero-order valence-corrected chi connectivity index (χ0v) is 13.8. The second-order valence-corrected chi connectivity index (χ2v) is 6.74. The van der Waals surface area contributed by atoms with E-state index in [-0.39, 0.29) is 17.5 Å². The van der Waals surface area contributed by atoms with E-state index in [0.29, 0.717) is 36.5 Å². The fourth-order valence-electron chi connectivity index (χ4n) is 2.94. The molecule has 1 fully saturated rings. The predicted molar refractivity (Wildman–Crippen MR) is 88.1 cm³/mol. The van der Waals surface area contributed by atoms with E-state index in [1.54, 1.807) is 24.3 Å². The molecule has 2 rings (SSSR count). The normalized spacial score (nSPS) is 19.0. The van der Waals surface area contributed by atoms with Crippen LogP contribution in [-0.4, -0.2) is 30.7 Å². The van der Waals surface area contributed by atoms with Crippen molar-refractivity contribution in [2.24, 2.45) is 17.1 Å². The van der Waals surface area contributed by atoms with Gasteiger partial charge in [-0.05, 0) is 56.1 Å². The molecule has 120 valence electrons. The van der Waals surface area contributed by atoms with Crippen LogP contribution in [0.1, 0.15) is 37.0 Å². The first-order valence-electron chi connectivity index (χ1n) is 7.69. The first-order valence-corrected chi connectivity index (χ1v) is 8.07. The second-order valence-electron chi connectivity index (χ2n) is 6.30. The van der Waals surface area contributed by atoms with Crippen molar-refractivity contribution in [1.29, 1.82) is 0 Å². The molecule has 1 aromatic rings. The molecular formula is C17H23ClN2O2. The van der Waals surface area contributed by atoms with Gasteiger partial charge >= 0.3 is 0 Å². The predicted octanol–water partition coefficient (Wildman–Crippen LogP) is 2.44. The summed E-state index contributed by atoms with van der Waals surface area (Å²) in [6, 6.07) is 6.10. The van der Waals surface area contributed by atoms with E-state index in [4.69, 9.17) is 17.3 Å². The van der Waals surface area contributed by atoms with Gasteiger partial charge in [0.2, 0.25) is 0 Å². The lowest BCUT2D eigenvalue weighted by atomic mass is 9.67. The number of carbonyl (C=O) groups excluding carboxylic acids is 2. The maximum Gasteiger partial charge on any atom is 0.176 e. The van der Waals surface area contributed by atoms with Crippen LogP contribution in [-0.2, 0) is 4.79 Å². The molecule has 0 saturated carbocycles. The summed E-state index contributed by atoms with van der Waals surface area (Å²) in [5.41, 5.74) is 5.59. The van der Waals surface area contributed by atoms with Crippen molar-refractivity contribution in [2.45, 2.75) is 32.7 Å². The van der Waals surface area contributed by atoms with Gasteiger partial charge in [-0.25, -0.2) is 0 Å². The van der Waals surface area contributed by atoms with Gasteiger partial charge in [0.25, 0.3) is 0 Å². The topological polar surface area (TPSA) is 72.2 Å². The van der Waals surface area contributed by atoms with Gasteiger partial charge < -0.3 is 11.1 Å². The molecule has 0 aliphatic carbocycles. The molecule has 1 aliphatic heterocycles. The fraction of sp³-hybridized carbons (Fsp3) is 0.529. The van der Waals surface area contributed by atoms with Crippen LogP contribution >= 0.6 is 11.6 Å². The Bertz CT molecular complexity index is 548. The average molecular weight is 323 g/mol. The molecule has 0 aromatic heterocycles. The SMILES string of the molecule is CC(C)[C@H](N)C(=O)C1(C(=O)c2ccc(Cl)cc2)CCNCC1. The van der Waals surface area contributed by atoms with Gasteiger partial charge in [-0.15, -0.1) is 0 Å². The Morgan fingerprint density at radius 1 is 1.18 bits per heavy atom. The highest BCUT2D eigenvalue weighted by molar-refractivity contribution is 6.30. The van der Waals surface area contributed by atoms with Crippen molar-refractivity contribution in [3.8, 4) is 0 Å². The smallest absolute Gasteiger partial charge is 0.176 e. The maximum absolute atomic E-state index is 13.1. The van der Waals surface area contributed by atoms with Gasteiger partial charge in [-0.1, -0.05) is 25.4 Å². The van der Waals surface area contributed by atoms with Crippen LogP contribution in [0.15, 0.2) is 24.3 Å². The lowest BCUT2D eigenvalue weighted by Crippen LogP contribution is -2.54. The molecule has 4 nitrogen and oxygen atoms in total. The van der Waals surface area contributed by atoms with Crippen molar-refractivity contribution in [3.05, 3.63) is 34.9 Å². The van der Waals surface area contributed by atoms with Crippen molar-refractivity contribution in [2.75, 3.05) is 13.1 Å². The average Bonchev–Trinajstić information content (AvgIpc) is 2.54. The molecule has 1 saturated heterocycles. The van der Waals surface area contributed by atoms with E-state index in [2.05, 4.69) is 5.32 Å². The molecule has 5 heteroatoms. The number of hydrogen-bond donors (Lipinski definition) is 2. The Labute approximate surface area is 136 Å². The van der Waals surface area contributed by atoms with Gasteiger partial charge in [0.15, 0.2) is 11.6 Å². The molecule has 0 radical (unpaired) electrons. The molecule has 1 heterocycles. The third kappa shape index (κ3) is 3.24. The standard InChI is InChI=1S/C17H23ClN2O2/c1-11(2)14(19)16(22)17(7-9-20-10-8-17)15(21)12-3-5-13(18)6-4-12/h3-6,11,14,20H,7-10,19H2,1-2H3/t14-/m0/s1. The van der Waals surface area contributed by atoms with E-state index in [1.807, 2.05) is 13.8 Å². The molecule has 1 atom stereocenters. The van der Waals surface area contributed by atoms with Gasteiger partial charge in [0.1, 0.15) is 0 Å². The van der Waals surface area contributed by atoms with Crippen molar-refractivity contribution >= 4 is 23.2 Å². The second kappa shape index (κ2) is 6.90. The third-order valence-electron chi connectivity index (χ3n) is 4.49. The molecule has 22 heavy (non-hydrogen) atoms. The summed E-state index contributed by atoms with van der Waals surface area (Å²) < 4.78 is 0. The van der Waals surface area contributed by atoms with E-state index >= 15 is 0 Å². The number of carbonyl (C=O) groups is 2. The number of nitrogens with one attached hydrogen (secondary N) is 1. The summed E-state index contributed by atoms with van der Waals surface area (Å²) in [7, 11) is 0. The van der Waals surface area contributed by atoms with E-state index < -0.39 is 11.5 Å². The highest BCUT2D eigenvalue weighted by atomic mass is 35.5. The highest BCUT2D eigenvalue weighted by Gasteiger charge is 2.48. The maximum atomic E-state index is 13.1. The summed E-state index contributed by atoms with van der Waals surface area (Å²) in [5, 5.41) is 3.78. The Morgan fingerprint density at radius 2 is 1.73 bits per heavy atom. The monoisotopic (exact) mass is 322 g/mol. The number of halogens is 1. The molecule has 0 bridgehead atoms. The van der Waals surface area contributed by atoms with Crippen LogP contribution in [0.25, 0.3) is 0 Å². The van der Waals surface area contributed by atoms with Gasteiger partial charge in [-0.3, -0.25) is 9.59 Å². The van der Waals surface area contributed by atoms with Crippen LogP contribution < -0.4 is 11.1 Å². The number of nitrogens with two attached hydrogens (primary N) is 1. The van der Waals surface area contributed by atoms with Gasteiger partial charge in [0.05, 0.1) is 11.5 Å². The first kappa shape index (κ1) is 17.1. The molecule has 1 aromatic carbocycles. The zero-order valence-electron chi connectivity index (χ0n) is 13.1. The number of piperidine rings is 1. The summed E-state index contributed by atoms with van der Waals surface area (Å²) in [4.78, 5) is 26.0. The molecule has 0 spiro atoms. The minimum atomic E-state index is -1.01. The number of rotatable bonds is 5. The summed E-state index contributed by atoms with van der Waals surface area (Å²) >= 11 is 5.88. The molecule has 0 amide bonds. The minimum absolute atomic E-state index is 0.0114. The van der Waals surface area contributed by atoms with Crippen LogP contribution in [0.4, 0.5) is 0 Å². The highest BCUT2D eigenvalue weighted by Crippen LogP contribution is 2.36. The Hall–Kier alpha value is -1.23.